The third-order valence-corrected chi connectivity index (χ3v) is 13.7. The Morgan fingerprint density at radius 3 is 1.61 bits per heavy atom. The molecule has 3 aromatic heterocycles. The molecule has 4 nitrogen and oxygen atoms in total. The monoisotopic (exact) mass is 752 g/mol. The summed E-state index contributed by atoms with van der Waals surface area (Å²) in [5.41, 5.74) is 11.9. The predicted molar refractivity (Wildman–Crippen MR) is 224 cm³/mol. The minimum absolute atomic E-state index is 0.0174. The van der Waals surface area contributed by atoms with Crippen molar-refractivity contribution < 1.29 is 0 Å². The van der Waals surface area contributed by atoms with Gasteiger partial charge in [-0.25, -0.2) is 0 Å². The second-order valence-corrected chi connectivity index (χ2v) is 16.1. The Balaban J connectivity index is 1.14. The molecule has 0 spiro atoms. The van der Waals surface area contributed by atoms with Gasteiger partial charge < -0.3 is 0 Å². The van der Waals surface area contributed by atoms with Gasteiger partial charge in [0.05, 0.1) is 0 Å². The molecule has 3 heterocycles. The van der Waals surface area contributed by atoms with Gasteiger partial charge in [-0.15, -0.1) is 0 Å². The molecule has 8 aromatic carbocycles. The van der Waals surface area contributed by atoms with Gasteiger partial charge in [0.25, 0.3) is 0 Å². The zero-order chi connectivity index (χ0) is 35.3. The zero-order valence-electron chi connectivity index (χ0n) is 28.9. The zero-order valence-corrected chi connectivity index (χ0v) is 30.6. The molecule has 54 heavy (non-hydrogen) atoms. The van der Waals surface area contributed by atoms with Gasteiger partial charge in [0.1, 0.15) is 0 Å². The van der Waals surface area contributed by atoms with E-state index in [1.54, 1.807) is 0 Å². The molecule has 5 heteroatoms. The molecule has 0 bridgehead atoms. The van der Waals surface area contributed by atoms with Crippen LogP contribution in [0.2, 0.25) is 0 Å². The van der Waals surface area contributed by atoms with Crippen molar-refractivity contribution >= 4 is 66.4 Å². The van der Waals surface area contributed by atoms with Gasteiger partial charge in [-0.2, -0.15) is 0 Å². The van der Waals surface area contributed by atoms with E-state index < -0.39 is 0 Å². The molecule has 1 aliphatic rings. The molecule has 0 atom stereocenters. The summed E-state index contributed by atoms with van der Waals surface area (Å²) >= 11 is -0.0174. The summed E-state index contributed by atoms with van der Waals surface area (Å²) in [7, 11) is 0. The van der Waals surface area contributed by atoms with Gasteiger partial charge in [0, 0.05) is 0 Å². The Bertz CT molecular complexity index is 3270. The van der Waals surface area contributed by atoms with Crippen LogP contribution in [0.15, 0.2) is 170 Å². The van der Waals surface area contributed by atoms with Gasteiger partial charge in [-0.1, -0.05) is 0 Å². The summed E-state index contributed by atoms with van der Waals surface area (Å²) < 4.78 is 5.22. The van der Waals surface area contributed by atoms with Crippen molar-refractivity contribution in [2.24, 2.45) is 0 Å². The Morgan fingerprint density at radius 1 is 0.352 bits per heavy atom. The molecule has 0 aliphatic heterocycles. The van der Waals surface area contributed by atoms with Crippen LogP contribution in [0.1, 0.15) is 0 Å². The summed E-state index contributed by atoms with van der Waals surface area (Å²) in [5.74, 6) is 2.06. The van der Waals surface area contributed by atoms with Crippen molar-refractivity contribution in [3.8, 4) is 62.1 Å². The third kappa shape index (κ3) is 4.22. The fourth-order valence-electron chi connectivity index (χ4n) is 8.67. The van der Waals surface area contributed by atoms with Crippen LogP contribution in [0.3, 0.4) is 0 Å². The van der Waals surface area contributed by atoms with Crippen LogP contribution in [-0.2, 0) is 0 Å². The van der Waals surface area contributed by atoms with Crippen LogP contribution in [0.25, 0.3) is 114 Å². The normalized spacial score (nSPS) is 12.1. The number of hydrogen-bond donors (Lipinski definition) is 0. The molecule has 12 rings (SSSR count). The molecule has 0 saturated heterocycles. The van der Waals surface area contributed by atoms with E-state index in [4.69, 9.17) is 15.0 Å². The molecule has 0 saturated carbocycles. The summed E-state index contributed by atoms with van der Waals surface area (Å²) in [6.45, 7) is 0. The van der Waals surface area contributed by atoms with Crippen LogP contribution < -0.4 is 0 Å². The van der Waals surface area contributed by atoms with E-state index in [1.807, 2.05) is 36.4 Å². The van der Waals surface area contributed by atoms with Crippen LogP contribution in [-0.4, -0.2) is 34.0 Å². The summed E-state index contributed by atoms with van der Waals surface area (Å²) in [6, 6.07) is 61.0. The minimum atomic E-state index is -0.0174. The fraction of sp³-hybridized carbons (Fsp3) is 0. The van der Waals surface area contributed by atoms with E-state index in [0.717, 1.165) is 16.7 Å². The van der Waals surface area contributed by atoms with Gasteiger partial charge in [-0.05, 0) is 0 Å². The van der Waals surface area contributed by atoms with E-state index in [2.05, 4.69) is 138 Å². The maximum absolute atomic E-state index is 5.15. The molecular formula is C49H28N4Se. The molecule has 11 aromatic rings. The van der Waals surface area contributed by atoms with E-state index >= 15 is 0 Å². The average molecular weight is 752 g/mol. The first-order valence-corrected chi connectivity index (χ1v) is 19.9. The van der Waals surface area contributed by atoms with E-state index in [1.165, 1.54) is 79.8 Å². The first-order valence-electron chi connectivity index (χ1n) is 18.2. The van der Waals surface area contributed by atoms with E-state index in [-0.39, 0.29) is 14.5 Å². The number of rotatable bonds is 4. The van der Waals surface area contributed by atoms with Gasteiger partial charge in [0.2, 0.25) is 0 Å². The molecule has 0 N–H and O–H groups in total. The maximum atomic E-state index is 5.15. The third-order valence-electron chi connectivity index (χ3n) is 11.0. The second kappa shape index (κ2) is 11.4. The number of benzene rings is 8. The molecule has 0 amide bonds. The first kappa shape index (κ1) is 29.9. The number of fused-ring (bicyclic) bond motifs is 6. The quantitative estimate of drug-likeness (QED) is 0.168. The van der Waals surface area contributed by atoms with E-state index in [9.17, 15) is 0 Å². The first-order chi connectivity index (χ1) is 26.8. The van der Waals surface area contributed by atoms with Crippen LogP contribution in [0.5, 0.6) is 0 Å². The molecular weight excluding hydrogens is 724 g/mol. The molecule has 250 valence electrons. The molecule has 0 fully saturated rings. The summed E-state index contributed by atoms with van der Waals surface area (Å²) in [5, 5.41) is 7.80. The van der Waals surface area contributed by atoms with Crippen molar-refractivity contribution in [2.75, 3.05) is 0 Å². The predicted octanol–water partition coefficient (Wildman–Crippen LogP) is 12.1. The van der Waals surface area contributed by atoms with Crippen molar-refractivity contribution in [1.29, 1.82) is 0 Å². The Kier molecular flexibility index (Phi) is 6.32. The van der Waals surface area contributed by atoms with Crippen LogP contribution in [0, 0.1) is 0 Å². The SMILES string of the molecule is c1ccc(-c2nc(-c3ccccc3)nc(-c3cccc4c3[se]c3c(-n5c6cccc7c6c6c8c(cccc8ccc65)-c5ccccc5-7)cccc34)n2)cc1. The topological polar surface area (TPSA) is 43.6 Å². The molecule has 0 radical (unpaired) electrons. The summed E-state index contributed by atoms with van der Waals surface area (Å²) in [4.78, 5) is 15.3. The van der Waals surface area contributed by atoms with Gasteiger partial charge >= 0.3 is 318 Å². The summed E-state index contributed by atoms with van der Waals surface area (Å²) in [6.07, 6.45) is 0. The van der Waals surface area contributed by atoms with Crippen molar-refractivity contribution in [2.45, 2.75) is 0 Å². The number of hydrogen-bond acceptors (Lipinski definition) is 3. The van der Waals surface area contributed by atoms with Gasteiger partial charge in [-0.3, -0.25) is 0 Å². The molecule has 0 unspecified atom stereocenters. The Hall–Kier alpha value is -6.65. The molecule has 1 aliphatic carbocycles. The van der Waals surface area contributed by atoms with Gasteiger partial charge in [0.15, 0.2) is 0 Å². The fourth-order valence-corrected chi connectivity index (χ4v) is 11.4. The van der Waals surface area contributed by atoms with E-state index in [0.29, 0.717) is 17.5 Å². The van der Waals surface area contributed by atoms with Crippen molar-refractivity contribution in [1.82, 2.24) is 19.5 Å². The van der Waals surface area contributed by atoms with Crippen molar-refractivity contribution in [3.05, 3.63) is 170 Å². The Morgan fingerprint density at radius 2 is 0.889 bits per heavy atom. The van der Waals surface area contributed by atoms with Crippen molar-refractivity contribution in [3.63, 3.8) is 0 Å². The van der Waals surface area contributed by atoms with Crippen LogP contribution in [0.4, 0.5) is 0 Å². The number of nitrogens with zero attached hydrogens (tertiary/aromatic N) is 4. The second-order valence-electron chi connectivity index (χ2n) is 13.9. The average Bonchev–Trinajstić information content (AvgIpc) is 3.76. The Labute approximate surface area is 316 Å². The van der Waals surface area contributed by atoms with Crippen LogP contribution >= 0.6 is 0 Å². The standard InChI is InChI=1S/C49H28N4Se/c1-3-13-30(14-4-1)47-50-48(31-15-5-2-6-16-31)52-49(51-47)38-24-10-22-36-37-23-12-26-41(46(37)54-45(36)38)53-39-25-11-21-35-33-19-8-7-18-32(33)34-20-9-17-29-27-28-40(53)44(42(29)34)43(35)39/h1-28H. The number of aromatic nitrogens is 4.